The lowest BCUT2D eigenvalue weighted by molar-refractivity contribution is -0.389. The number of carbonyl (C=O) groups excluding carboxylic acids is 1. The second-order valence-electron chi connectivity index (χ2n) is 5.74. The largest absolute Gasteiger partial charge is 0.389 e. The van der Waals surface area contributed by atoms with E-state index < -0.39 is 4.92 Å². The molecule has 0 radical (unpaired) electrons. The predicted molar refractivity (Wildman–Crippen MR) is 92.4 cm³/mol. The van der Waals surface area contributed by atoms with E-state index in [1.54, 1.807) is 11.0 Å². The summed E-state index contributed by atoms with van der Waals surface area (Å²) in [4.78, 5) is 26.0. The average Bonchev–Trinajstić information content (AvgIpc) is 3.25. The number of carbonyl (C=O) groups is 1. The van der Waals surface area contributed by atoms with Gasteiger partial charge in [-0.3, -0.25) is 10.1 Å². The molecule has 0 bridgehead atoms. The topological polar surface area (TPSA) is 121 Å². The van der Waals surface area contributed by atoms with Crippen LogP contribution in [0.5, 0.6) is 0 Å². The smallest absolute Gasteiger partial charge is 0.358 e. The second kappa shape index (κ2) is 7.55. The minimum atomic E-state index is -0.582. The molecule has 0 spiro atoms. The third-order valence-electron chi connectivity index (χ3n) is 3.63. The SMILES string of the molecule is Cc1ccc(Cn2cnc(NC(=O)CCn3ccc([N+](=O)[O-])n3)n2)cc1. The standard InChI is InChI=1S/C16H17N7O3/c1-12-2-4-13(5-3-12)10-22-11-17-16(20-22)18-15(24)7-9-21-8-6-14(19-21)23(25)26/h2-6,8,11H,7,9-10H2,1H3,(H,18,20,24). The van der Waals surface area contributed by atoms with Gasteiger partial charge in [0.1, 0.15) is 6.33 Å². The highest BCUT2D eigenvalue weighted by molar-refractivity contribution is 5.88. The third-order valence-corrected chi connectivity index (χ3v) is 3.63. The van der Waals surface area contributed by atoms with Crippen molar-refractivity contribution in [2.24, 2.45) is 0 Å². The summed E-state index contributed by atoms with van der Waals surface area (Å²) in [6, 6.07) is 9.35. The van der Waals surface area contributed by atoms with E-state index in [-0.39, 0.29) is 30.6 Å². The van der Waals surface area contributed by atoms with Crippen molar-refractivity contribution in [2.75, 3.05) is 5.32 Å². The monoisotopic (exact) mass is 355 g/mol. The zero-order valence-corrected chi connectivity index (χ0v) is 14.1. The van der Waals surface area contributed by atoms with Crippen LogP contribution in [-0.4, -0.2) is 35.4 Å². The molecule has 1 N–H and O–H groups in total. The van der Waals surface area contributed by atoms with E-state index in [4.69, 9.17) is 0 Å². The van der Waals surface area contributed by atoms with Gasteiger partial charge in [0.25, 0.3) is 0 Å². The molecule has 0 aliphatic carbocycles. The number of rotatable bonds is 7. The summed E-state index contributed by atoms with van der Waals surface area (Å²) < 4.78 is 2.98. The number of aryl methyl sites for hydroxylation is 2. The minimum Gasteiger partial charge on any atom is -0.358 e. The summed E-state index contributed by atoms with van der Waals surface area (Å²) in [7, 11) is 0. The van der Waals surface area contributed by atoms with Crippen LogP contribution in [-0.2, 0) is 17.9 Å². The van der Waals surface area contributed by atoms with Gasteiger partial charge in [-0.05, 0) is 17.4 Å². The van der Waals surface area contributed by atoms with Crippen LogP contribution < -0.4 is 5.32 Å². The number of amides is 1. The molecular formula is C16H17N7O3. The molecule has 1 aromatic carbocycles. The molecule has 3 rings (SSSR count). The van der Waals surface area contributed by atoms with Crippen LogP contribution in [0.25, 0.3) is 0 Å². The first-order chi connectivity index (χ1) is 12.5. The van der Waals surface area contributed by atoms with Gasteiger partial charge < -0.3 is 10.1 Å². The fourth-order valence-electron chi connectivity index (χ4n) is 2.28. The van der Waals surface area contributed by atoms with E-state index in [1.165, 1.54) is 22.5 Å². The van der Waals surface area contributed by atoms with Crippen molar-refractivity contribution < 1.29 is 9.72 Å². The Balaban J connectivity index is 1.50. The lowest BCUT2D eigenvalue weighted by Gasteiger charge is -2.02. The molecule has 26 heavy (non-hydrogen) atoms. The first kappa shape index (κ1) is 17.3. The van der Waals surface area contributed by atoms with E-state index in [0.717, 1.165) is 5.56 Å². The normalized spacial score (nSPS) is 10.7. The molecule has 0 aliphatic rings. The van der Waals surface area contributed by atoms with Crippen molar-refractivity contribution in [3.63, 3.8) is 0 Å². The zero-order chi connectivity index (χ0) is 18.5. The zero-order valence-electron chi connectivity index (χ0n) is 14.1. The summed E-state index contributed by atoms with van der Waals surface area (Å²) in [5.74, 6) is -0.327. The van der Waals surface area contributed by atoms with Crippen LogP contribution in [0.4, 0.5) is 11.8 Å². The Morgan fingerprint density at radius 1 is 1.19 bits per heavy atom. The maximum Gasteiger partial charge on any atom is 0.389 e. The highest BCUT2D eigenvalue weighted by Gasteiger charge is 2.12. The summed E-state index contributed by atoms with van der Waals surface area (Å²) in [6.07, 6.45) is 3.11. The Morgan fingerprint density at radius 3 is 2.65 bits per heavy atom. The molecule has 2 aromatic heterocycles. The van der Waals surface area contributed by atoms with Crippen LogP contribution in [0.15, 0.2) is 42.9 Å². The molecule has 0 saturated carbocycles. The van der Waals surface area contributed by atoms with Crippen LogP contribution in [0.1, 0.15) is 17.5 Å². The van der Waals surface area contributed by atoms with Gasteiger partial charge in [0.15, 0.2) is 0 Å². The molecule has 0 unspecified atom stereocenters. The number of aromatic nitrogens is 5. The van der Waals surface area contributed by atoms with E-state index >= 15 is 0 Å². The molecule has 0 saturated heterocycles. The van der Waals surface area contributed by atoms with Crippen molar-refractivity contribution in [3.8, 4) is 0 Å². The van der Waals surface area contributed by atoms with Crippen molar-refractivity contribution >= 4 is 17.7 Å². The van der Waals surface area contributed by atoms with Crippen molar-refractivity contribution in [1.82, 2.24) is 24.5 Å². The number of anilines is 1. The molecule has 0 aliphatic heterocycles. The Hall–Kier alpha value is -3.56. The van der Waals surface area contributed by atoms with Crippen molar-refractivity contribution in [2.45, 2.75) is 26.4 Å². The van der Waals surface area contributed by atoms with Gasteiger partial charge in [-0.1, -0.05) is 29.8 Å². The van der Waals surface area contributed by atoms with E-state index in [2.05, 4.69) is 20.5 Å². The summed E-state index contributed by atoms with van der Waals surface area (Å²) in [6.45, 7) is 2.80. The minimum absolute atomic E-state index is 0.103. The quantitative estimate of drug-likeness (QED) is 0.509. The molecule has 3 aromatic rings. The Kier molecular flexibility index (Phi) is 5.02. The molecule has 1 amide bonds. The third kappa shape index (κ3) is 4.50. The lowest BCUT2D eigenvalue weighted by Crippen LogP contribution is -2.16. The van der Waals surface area contributed by atoms with Crippen LogP contribution in [0, 0.1) is 17.0 Å². The van der Waals surface area contributed by atoms with Gasteiger partial charge in [0, 0.05) is 6.42 Å². The Labute approximate surface area is 148 Å². The van der Waals surface area contributed by atoms with Gasteiger partial charge in [-0.2, -0.15) is 4.68 Å². The number of hydrogen-bond donors (Lipinski definition) is 1. The predicted octanol–water partition coefficient (Wildman–Crippen LogP) is 1.77. The van der Waals surface area contributed by atoms with Gasteiger partial charge >= 0.3 is 5.82 Å². The molecular weight excluding hydrogens is 338 g/mol. The van der Waals surface area contributed by atoms with Crippen LogP contribution >= 0.6 is 0 Å². The first-order valence-electron chi connectivity index (χ1n) is 7.92. The van der Waals surface area contributed by atoms with Crippen molar-refractivity contribution in [3.05, 3.63) is 64.1 Å². The number of hydrogen-bond acceptors (Lipinski definition) is 6. The highest BCUT2D eigenvalue weighted by atomic mass is 16.6. The Bertz CT molecular complexity index is 914. The summed E-state index contributed by atoms with van der Waals surface area (Å²) >= 11 is 0. The fourth-order valence-corrected chi connectivity index (χ4v) is 2.28. The number of benzene rings is 1. The van der Waals surface area contributed by atoms with Gasteiger partial charge in [-0.15, -0.1) is 5.10 Å². The maximum absolute atomic E-state index is 12.0. The molecule has 10 heteroatoms. The number of nitrogens with one attached hydrogen (secondary N) is 1. The van der Waals surface area contributed by atoms with E-state index in [9.17, 15) is 14.9 Å². The molecule has 2 heterocycles. The van der Waals surface area contributed by atoms with Gasteiger partial charge in [0.05, 0.1) is 30.5 Å². The van der Waals surface area contributed by atoms with Crippen LogP contribution in [0.2, 0.25) is 0 Å². The maximum atomic E-state index is 12.0. The molecule has 10 nitrogen and oxygen atoms in total. The first-order valence-corrected chi connectivity index (χ1v) is 7.92. The van der Waals surface area contributed by atoms with Gasteiger partial charge in [-0.25, -0.2) is 9.67 Å². The van der Waals surface area contributed by atoms with Crippen molar-refractivity contribution in [1.29, 1.82) is 0 Å². The number of nitro groups is 1. The summed E-state index contributed by atoms with van der Waals surface area (Å²) in [5.41, 5.74) is 2.27. The van der Waals surface area contributed by atoms with E-state index in [0.29, 0.717) is 6.54 Å². The molecule has 134 valence electrons. The summed E-state index contributed by atoms with van der Waals surface area (Å²) in [5, 5.41) is 21.1. The second-order valence-corrected chi connectivity index (χ2v) is 5.74. The number of nitrogens with zero attached hydrogens (tertiary/aromatic N) is 6. The molecule has 0 atom stereocenters. The molecule has 0 fully saturated rings. The highest BCUT2D eigenvalue weighted by Crippen LogP contribution is 2.07. The lowest BCUT2D eigenvalue weighted by atomic mass is 10.1. The van der Waals surface area contributed by atoms with Gasteiger partial charge in [0.2, 0.25) is 11.9 Å². The van der Waals surface area contributed by atoms with E-state index in [1.807, 2.05) is 31.2 Å². The Morgan fingerprint density at radius 2 is 1.96 bits per heavy atom. The average molecular weight is 355 g/mol. The van der Waals surface area contributed by atoms with Crippen LogP contribution in [0.3, 0.4) is 0 Å². The fraction of sp³-hybridized carbons (Fsp3) is 0.250.